The Kier molecular flexibility index (Phi) is 5.41. The fraction of sp³-hybridized carbons (Fsp3) is 0.600. The van der Waals surface area contributed by atoms with E-state index < -0.39 is 11.7 Å². The zero-order valence-electron chi connectivity index (χ0n) is 11.9. The van der Waals surface area contributed by atoms with Gasteiger partial charge in [-0.3, -0.25) is 0 Å². The Hall–Kier alpha value is -1.03. The van der Waals surface area contributed by atoms with Gasteiger partial charge < -0.3 is 5.32 Å². The molecule has 108 valence electrons. The number of rotatable bonds is 5. The van der Waals surface area contributed by atoms with E-state index >= 15 is 0 Å². The van der Waals surface area contributed by atoms with E-state index in [1.54, 1.807) is 12.1 Å². The lowest BCUT2D eigenvalue weighted by atomic mass is 9.86. The Morgan fingerprint density at radius 1 is 1.05 bits per heavy atom. The van der Waals surface area contributed by atoms with Crippen LogP contribution >= 0.6 is 0 Å². The summed E-state index contributed by atoms with van der Waals surface area (Å²) in [6.45, 7) is 9.18. The van der Waals surface area contributed by atoms with Crippen LogP contribution in [0.4, 0.5) is 13.2 Å². The Morgan fingerprint density at radius 3 is 1.95 bits per heavy atom. The number of alkyl halides is 3. The molecular weight excluding hydrogens is 251 g/mol. The first-order valence-electron chi connectivity index (χ1n) is 6.68. The van der Waals surface area contributed by atoms with Crippen LogP contribution in [-0.2, 0) is 6.18 Å². The highest BCUT2D eigenvalue weighted by Gasteiger charge is 2.30. The second-order valence-corrected chi connectivity index (χ2v) is 5.24. The number of likely N-dealkylation sites (N-methyl/N-ethyl adjacent to an activating group) is 1. The molecule has 1 nitrogen and oxygen atoms in total. The number of hydrogen-bond acceptors (Lipinski definition) is 1. The van der Waals surface area contributed by atoms with Gasteiger partial charge in [0, 0.05) is 6.04 Å². The summed E-state index contributed by atoms with van der Waals surface area (Å²) in [5.74, 6) is 0.611. The van der Waals surface area contributed by atoms with Crippen LogP contribution in [0.15, 0.2) is 24.3 Å². The Labute approximate surface area is 113 Å². The van der Waals surface area contributed by atoms with Crippen LogP contribution < -0.4 is 5.32 Å². The van der Waals surface area contributed by atoms with E-state index in [0.29, 0.717) is 5.92 Å². The molecule has 1 N–H and O–H groups in total. The van der Waals surface area contributed by atoms with Gasteiger partial charge in [-0.2, -0.15) is 13.2 Å². The molecule has 19 heavy (non-hydrogen) atoms. The second-order valence-electron chi connectivity index (χ2n) is 5.24. The highest BCUT2D eigenvalue weighted by molar-refractivity contribution is 5.27. The van der Waals surface area contributed by atoms with Crippen molar-refractivity contribution < 1.29 is 13.2 Å². The summed E-state index contributed by atoms with van der Waals surface area (Å²) < 4.78 is 37.5. The Morgan fingerprint density at radius 2 is 1.58 bits per heavy atom. The van der Waals surface area contributed by atoms with Crippen molar-refractivity contribution in [2.45, 2.75) is 45.8 Å². The van der Waals surface area contributed by atoms with E-state index in [2.05, 4.69) is 26.1 Å². The lowest BCUT2D eigenvalue weighted by Gasteiger charge is -2.28. The minimum Gasteiger partial charge on any atom is -0.313 e. The number of benzene rings is 1. The number of hydrogen-bond donors (Lipinski definition) is 1. The molecule has 0 amide bonds. The van der Waals surface area contributed by atoms with E-state index in [-0.39, 0.29) is 12.0 Å². The van der Waals surface area contributed by atoms with Gasteiger partial charge in [-0.15, -0.1) is 0 Å². The van der Waals surface area contributed by atoms with E-state index in [1.165, 1.54) is 0 Å². The predicted octanol–water partition coefficient (Wildman–Crippen LogP) is 4.44. The zero-order valence-corrected chi connectivity index (χ0v) is 11.9. The number of nitrogens with one attached hydrogen (secondary N) is 1. The van der Waals surface area contributed by atoms with Gasteiger partial charge in [0.1, 0.15) is 0 Å². The summed E-state index contributed by atoms with van der Waals surface area (Å²) in [4.78, 5) is 0. The fourth-order valence-corrected chi connectivity index (χ4v) is 2.41. The van der Waals surface area contributed by atoms with Gasteiger partial charge in [0.05, 0.1) is 5.56 Å². The van der Waals surface area contributed by atoms with Crippen molar-refractivity contribution in [3.8, 4) is 0 Å². The molecule has 0 heterocycles. The third-order valence-electron chi connectivity index (χ3n) is 3.46. The summed E-state index contributed by atoms with van der Waals surface area (Å²) >= 11 is 0. The average Bonchev–Trinajstić information content (AvgIpc) is 2.34. The molecule has 4 heteroatoms. The quantitative estimate of drug-likeness (QED) is 0.836. The smallest absolute Gasteiger partial charge is 0.313 e. The van der Waals surface area contributed by atoms with Crippen LogP contribution in [0.2, 0.25) is 0 Å². The lowest BCUT2D eigenvalue weighted by molar-refractivity contribution is -0.137. The van der Waals surface area contributed by atoms with Gasteiger partial charge in [0.15, 0.2) is 0 Å². The summed E-state index contributed by atoms with van der Waals surface area (Å²) in [5, 5.41) is 3.40. The molecule has 0 aliphatic carbocycles. The summed E-state index contributed by atoms with van der Waals surface area (Å²) in [6, 6.07) is 5.76. The average molecular weight is 273 g/mol. The predicted molar refractivity (Wildman–Crippen MR) is 72.2 cm³/mol. The lowest BCUT2D eigenvalue weighted by Crippen LogP contribution is -2.38. The van der Waals surface area contributed by atoms with Gasteiger partial charge in [-0.05, 0) is 36.1 Å². The van der Waals surface area contributed by atoms with E-state index in [0.717, 1.165) is 24.2 Å². The van der Waals surface area contributed by atoms with Crippen molar-refractivity contribution in [1.82, 2.24) is 5.32 Å². The topological polar surface area (TPSA) is 12.0 Å². The molecule has 1 aromatic carbocycles. The van der Waals surface area contributed by atoms with E-state index in [9.17, 15) is 13.2 Å². The maximum absolute atomic E-state index is 12.5. The zero-order chi connectivity index (χ0) is 14.6. The number of halogens is 3. The van der Waals surface area contributed by atoms with Crippen molar-refractivity contribution in [3.05, 3.63) is 35.4 Å². The molecule has 0 saturated heterocycles. The van der Waals surface area contributed by atoms with Crippen molar-refractivity contribution in [3.63, 3.8) is 0 Å². The van der Waals surface area contributed by atoms with Gasteiger partial charge in [0.25, 0.3) is 0 Å². The van der Waals surface area contributed by atoms with Gasteiger partial charge in [-0.25, -0.2) is 0 Å². The van der Waals surface area contributed by atoms with Crippen molar-refractivity contribution in [2.24, 2.45) is 5.92 Å². The Balaban J connectivity index is 2.90. The van der Waals surface area contributed by atoms with Gasteiger partial charge in [-0.1, -0.05) is 39.8 Å². The summed E-state index contributed by atoms with van der Waals surface area (Å²) in [7, 11) is 0. The van der Waals surface area contributed by atoms with Crippen LogP contribution in [0.5, 0.6) is 0 Å². The highest BCUT2D eigenvalue weighted by atomic mass is 19.4. The Bertz CT molecular complexity index is 381. The normalized spacial score (nSPS) is 15.6. The molecule has 0 aromatic heterocycles. The molecular formula is C15H22F3N. The second kappa shape index (κ2) is 6.42. The van der Waals surface area contributed by atoms with Crippen LogP contribution in [0.25, 0.3) is 0 Å². The first-order valence-corrected chi connectivity index (χ1v) is 6.68. The largest absolute Gasteiger partial charge is 0.416 e. The minimum atomic E-state index is -4.26. The van der Waals surface area contributed by atoms with E-state index in [1.807, 2.05) is 6.92 Å². The molecule has 1 rings (SSSR count). The third kappa shape index (κ3) is 4.23. The standard InChI is InChI=1S/C15H22F3N/c1-5-19-14(10(2)3)11(4)12-6-8-13(9-7-12)15(16,17)18/h6-11,14,19H,5H2,1-4H3. The molecule has 0 spiro atoms. The maximum Gasteiger partial charge on any atom is 0.416 e. The first-order chi connectivity index (χ1) is 8.77. The summed E-state index contributed by atoms with van der Waals surface area (Å²) in [6.07, 6.45) is -4.26. The molecule has 0 bridgehead atoms. The molecule has 2 unspecified atom stereocenters. The highest BCUT2D eigenvalue weighted by Crippen LogP contribution is 2.31. The van der Waals surface area contributed by atoms with Crippen molar-refractivity contribution >= 4 is 0 Å². The molecule has 0 saturated carbocycles. The van der Waals surface area contributed by atoms with Crippen LogP contribution in [-0.4, -0.2) is 12.6 Å². The molecule has 0 aliphatic rings. The molecule has 0 aliphatic heterocycles. The van der Waals surface area contributed by atoms with Crippen LogP contribution in [0, 0.1) is 5.92 Å². The molecule has 2 atom stereocenters. The van der Waals surface area contributed by atoms with E-state index in [4.69, 9.17) is 0 Å². The first kappa shape index (κ1) is 16.0. The van der Waals surface area contributed by atoms with Crippen LogP contribution in [0.1, 0.15) is 44.7 Å². The van der Waals surface area contributed by atoms with Crippen LogP contribution in [0.3, 0.4) is 0 Å². The summed E-state index contributed by atoms with van der Waals surface area (Å²) in [5.41, 5.74) is 0.348. The molecule has 0 radical (unpaired) electrons. The maximum atomic E-state index is 12.5. The van der Waals surface area contributed by atoms with Gasteiger partial charge >= 0.3 is 6.18 Å². The fourth-order valence-electron chi connectivity index (χ4n) is 2.41. The minimum absolute atomic E-state index is 0.183. The SMILES string of the molecule is CCNC(C(C)C)C(C)c1ccc(C(F)(F)F)cc1. The van der Waals surface area contributed by atoms with Crippen molar-refractivity contribution in [1.29, 1.82) is 0 Å². The monoisotopic (exact) mass is 273 g/mol. The molecule has 0 fully saturated rings. The third-order valence-corrected chi connectivity index (χ3v) is 3.46. The van der Waals surface area contributed by atoms with Gasteiger partial charge in [0.2, 0.25) is 0 Å². The molecule has 1 aromatic rings. The van der Waals surface area contributed by atoms with Crippen molar-refractivity contribution in [2.75, 3.05) is 6.54 Å².